The van der Waals surface area contributed by atoms with E-state index in [9.17, 15) is 0 Å². The molecule has 0 bridgehead atoms. The number of anilines is 3. The molecule has 6 aromatic rings. The lowest BCUT2D eigenvalue weighted by atomic mass is 9.82. The molecule has 1 aliphatic carbocycles. The van der Waals surface area contributed by atoms with Crippen LogP contribution < -0.4 is 4.90 Å². The smallest absolute Gasteiger partial charge is 0.263 e. The summed E-state index contributed by atoms with van der Waals surface area (Å²) in [6.45, 7) is 11.9. The molecule has 196 valence electrons. The number of allylic oxidation sites excluding steroid dienone is 1. The van der Waals surface area contributed by atoms with Crippen LogP contribution in [-0.2, 0) is 5.41 Å². The molecule has 7 rings (SSSR count). The van der Waals surface area contributed by atoms with E-state index in [1.54, 1.807) is 17.4 Å². The average molecular weight is 582 g/mol. The Morgan fingerprint density at radius 2 is 1.54 bits per heavy atom. The summed E-state index contributed by atoms with van der Waals surface area (Å²) >= 11 is 5.36. The van der Waals surface area contributed by atoms with E-state index in [4.69, 9.17) is 11.8 Å². The van der Waals surface area contributed by atoms with Gasteiger partial charge in [-0.3, -0.25) is 0 Å². The van der Waals surface area contributed by atoms with Gasteiger partial charge in [0, 0.05) is 46.7 Å². The van der Waals surface area contributed by atoms with E-state index in [0.717, 1.165) is 26.8 Å². The van der Waals surface area contributed by atoms with Gasteiger partial charge in [-0.2, -0.15) is 0 Å². The number of para-hydroxylation sites is 2. The Hall–Kier alpha value is -4.46. The second-order valence-corrected chi connectivity index (χ2v) is 13.6. The minimum atomic E-state index is -0.138. The first-order valence-electron chi connectivity index (χ1n) is 13.2. The van der Waals surface area contributed by atoms with Crippen LogP contribution in [0.25, 0.3) is 40.5 Å². The highest BCUT2D eigenvalue weighted by molar-refractivity contribution is 7.32. The lowest BCUT2D eigenvalue weighted by Gasteiger charge is -2.28. The molecule has 3 heterocycles. The highest BCUT2D eigenvalue weighted by Crippen LogP contribution is 2.58. The Morgan fingerprint density at radius 3 is 2.20 bits per heavy atom. The monoisotopic (exact) mass is 581 g/mol. The highest BCUT2D eigenvalue weighted by atomic mass is 32.1. The van der Waals surface area contributed by atoms with Crippen LogP contribution in [0.3, 0.4) is 0 Å². The van der Waals surface area contributed by atoms with Gasteiger partial charge >= 0.3 is 0 Å². The van der Waals surface area contributed by atoms with Crippen molar-refractivity contribution in [2.24, 2.45) is 0 Å². The molecule has 0 N–H and O–H groups in total. The van der Waals surface area contributed by atoms with E-state index < -0.39 is 0 Å². The van der Waals surface area contributed by atoms with Crippen LogP contribution in [0.2, 0.25) is 0 Å². The maximum Gasteiger partial charge on any atom is 0.263 e. The molecule has 3 aromatic carbocycles. The molecule has 0 fully saturated rings. The zero-order valence-electron chi connectivity index (χ0n) is 22.4. The van der Waals surface area contributed by atoms with Crippen LogP contribution in [0, 0.1) is 17.9 Å². The molecule has 0 aliphatic heterocycles. The van der Waals surface area contributed by atoms with Gasteiger partial charge in [-0.05, 0) is 77.4 Å². The number of nitrogens with zero attached hydrogens (tertiary/aromatic N) is 3. The summed E-state index contributed by atoms with van der Waals surface area (Å²) in [5.41, 5.74) is 7.51. The molecule has 1 aliphatic rings. The van der Waals surface area contributed by atoms with Crippen LogP contribution >= 0.6 is 34.0 Å². The van der Waals surface area contributed by atoms with Gasteiger partial charge in [-0.1, -0.05) is 56.3 Å². The Balaban J connectivity index is 1.30. The molecule has 6 heteroatoms. The number of hydrogen-bond acceptors (Lipinski definition) is 5. The second kappa shape index (κ2) is 9.87. The van der Waals surface area contributed by atoms with E-state index in [1.165, 1.54) is 35.8 Å². The van der Waals surface area contributed by atoms with Gasteiger partial charge in [0.1, 0.15) is 0 Å². The van der Waals surface area contributed by atoms with Gasteiger partial charge in [0.05, 0.1) is 17.3 Å². The molecule has 3 aromatic heterocycles. The van der Waals surface area contributed by atoms with E-state index in [0.29, 0.717) is 0 Å². The molecule has 0 radical (unpaired) electrons. The molecule has 0 spiro atoms. The van der Waals surface area contributed by atoms with Gasteiger partial charge in [0.25, 0.3) is 5.70 Å². The molecular weight excluding hydrogens is 559 g/mol. The summed E-state index contributed by atoms with van der Waals surface area (Å²) in [5, 5.41) is 9.13. The van der Waals surface area contributed by atoms with Crippen molar-refractivity contribution >= 4 is 66.5 Å². The van der Waals surface area contributed by atoms with Gasteiger partial charge < -0.3 is 4.90 Å². The van der Waals surface area contributed by atoms with E-state index >= 15 is 0 Å². The summed E-state index contributed by atoms with van der Waals surface area (Å²) in [7, 11) is 0. The van der Waals surface area contributed by atoms with Gasteiger partial charge in [0.15, 0.2) is 0 Å². The highest BCUT2D eigenvalue weighted by Gasteiger charge is 2.40. The summed E-state index contributed by atoms with van der Waals surface area (Å²) in [5.74, 6) is 0. The predicted molar refractivity (Wildman–Crippen MR) is 175 cm³/mol. The lowest BCUT2D eigenvalue weighted by molar-refractivity contribution is 0.668. The largest absolute Gasteiger partial charge is 0.310 e. The predicted octanol–water partition coefficient (Wildman–Crippen LogP) is 11.3. The molecule has 41 heavy (non-hydrogen) atoms. The van der Waals surface area contributed by atoms with Crippen molar-refractivity contribution in [3.8, 4) is 26.3 Å². The number of fused-ring (bicyclic) bond motifs is 5. The van der Waals surface area contributed by atoms with Crippen molar-refractivity contribution in [1.82, 2.24) is 0 Å². The minimum absolute atomic E-state index is 0.111. The van der Waals surface area contributed by atoms with Crippen molar-refractivity contribution in [2.45, 2.75) is 19.3 Å². The number of rotatable bonds is 5. The van der Waals surface area contributed by atoms with Gasteiger partial charge in [-0.25, -0.2) is 10.1 Å². The second-order valence-electron chi connectivity index (χ2n) is 10.4. The van der Waals surface area contributed by atoms with E-state index in [2.05, 4.69) is 115 Å². The Bertz CT molecular complexity index is 1990. The summed E-state index contributed by atoms with van der Waals surface area (Å²) < 4.78 is 2.67. The topological polar surface area (TPSA) is 31.4 Å². The van der Waals surface area contributed by atoms with Crippen molar-refractivity contribution < 1.29 is 0 Å². The molecular formula is C35H23N3S3. The first-order chi connectivity index (χ1) is 20.0. The minimum Gasteiger partial charge on any atom is -0.310 e. The summed E-state index contributed by atoms with van der Waals surface area (Å²) in [6.07, 6.45) is 1.67. The van der Waals surface area contributed by atoms with Crippen molar-refractivity contribution in [3.05, 3.63) is 130 Å². The number of benzene rings is 3. The lowest BCUT2D eigenvalue weighted by Crippen LogP contribution is -2.16. The maximum atomic E-state index is 9.13. The SMILES string of the molecule is [C-]#[N+]/C(C#N)=C\c1ccc(-c2cc3sc4c(c3s2)C(C)(C)c2cc(N(c3ccccc3)c3ccccc3)ccc2-4)s1. The number of nitriles is 1. The maximum absolute atomic E-state index is 9.13. The average Bonchev–Trinajstić information content (AvgIpc) is 3.75. The number of thiophene rings is 3. The number of hydrogen-bond donors (Lipinski definition) is 0. The standard InChI is InChI=1S/C35H23N3S3/c1-35(2)28-19-25(38(23-10-6-4-7-11-23)24-12-8-5-9-13-24)14-16-27(28)33-32(35)34-31(41-33)20-30(40-34)29-17-15-26(39-29)18-22(21-36)37-3/h4-20H,1-2H3/b22-18-. The van der Waals surface area contributed by atoms with Crippen LogP contribution in [0.1, 0.15) is 29.9 Å². The normalized spacial score (nSPS) is 13.4. The molecule has 0 amide bonds. The zero-order chi connectivity index (χ0) is 28.1. The molecule has 0 saturated carbocycles. The summed E-state index contributed by atoms with van der Waals surface area (Å²) in [6, 6.07) is 36.4. The zero-order valence-corrected chi connectivity index (χ0v) is 24.8. The van der Waals surface area contributed by atoms with Crippen molar-refractivity contribution in [3.63, 3.8) is 0 Å². The quantitative estimate of drug-likeness (QED) is 0.150. The molecule has 3 nitrogen and oxygen atoms in total. The van der Waals surface area contributed by atoms with Crippen LogP contribution in [0.5, 0.6) is 0 Å². The molecule has 0 atom stereocenters. The van der Waals surface area contributed by atoms with E-state index in [1.807, 2.05) is 34.8 Å². The Morgan fingerprint density at radius 1 is 0.829 bits per heavy atom. The van der Waals surface area contributed by atoms with Crippen LogP contribution in [-0.4, -0.2) is 0 Å². The fourth-order valence-corrected chi connectivity index (χ4v) is 9.69. The van der Waals surface area contributed by atoms with Gasteiger partial charge in [0.2, 0.25) is 0 Å². The Kier molecular flexibility index (Phi) is 6.14. The van der Waals surface area contributed by atoms with Crippen LogP contribution in [0.4, 0.5) is 17.1 Å². The molecule has 0 unspecified atom stereocenters. The van der Waals surface area contributed by atoms with Gasteiger partial charge in [-0.15, -0.1) is 34.0 Å². The van der Waals surface area contributed by atoms with E-state index in [-0.39, 0.29) is 11.1 Å². The summed E-state index contributed by atoms with van der Waals surface area (Å²) in [4.78, 5) is 10.3. The molecule has 0 saturated heterocycles. The first kappa shape index (κ1) is 25.5. The van der Waals surface area contributed by atoms with Crippen molar-refractivity contribution in [1.29, 1.82) is 5.26 Å². The third kappa shape index (κ3) is 4.20. The fourth-order valence-electron chi connectivity index (χ4n) is 5.68. The van der Waals surface area contributed by atoms with Crippen LogP contribution in [0.15, 0.2) is 103 Å². The fraction of sp³-hybridized carbons (Fsp3) is 0.0857. The first-order valence-corrected chi connectivity index (χ1v) is 15.6. The third-order valence-electron chi connectivity index (χ3n) is 7.58. The Labute approximate surface area is 251 Å². The van der Waals surface area contributed by atoms with Crippen molar-refractivity contribution in [2.75, 3.05) is 4.90 Å². The third-order valence-corrected chi connectivity index (χ3v) is 11.3.